The number of carbonyl (C=O) groups is 1. The van der Waals surface area contributed by atoms with Crippen molar-refractivity contribution in [1.82, 2.24) is 14.5 Å². The third-order valence-corrected chi connectivity index (χ3v) is 7.39. The summed E-state index contributed by atoms with van der Waals surface area (Å²) in [4.78, 5) is 14.4. The van der Waals surface area contributed by atoms with Crippen LogP contribution in [0, 0.1) is 0 Å². The van der Waals surface area contributed by atoms with E-state index in [9.17, 15) is 13.2 Å². The molecule has 27 heavy (non-hydrogen) atoms. The monoisotopic (exact) mass is 393 g/mol. The molecule has 1 heterocycles. The van der Waals surface area contributed by atoms with Crippen LogP contribution in [0.3, 0.4) is 0 Å². The fraction of sp³-hybridized carbons (Fsp3) is 0.650. The molecule has 0 aromatic heterocycles. The molecule has 2 amide bonds. The summed E-state index contributed by atoms with van der Waals surface area (Å²) in [6.07, 6.45) is 6.85. The zero-order chi connectivity index (χ0) is 19.4. The molecular weight excluding hydrogens is 362 g/mol. The second kappa shape index (κ2) is 8.61. The molecule has 2 aliphatic rings. The molecule has 3 rings (SSSR count). The summed E-state index contributed by atoms with van der Waals surface area (Å²) in [5.74, 6) is 0.595. The summed E-state index contributed by atoms with van der Waals surface area (Å²) < 4.78 is 24.7. The van der Waals surface area contributed by atoms with Crippen molar-refractivity contribution in [3.05, 3.63) is 35.9 Å². The molecule has 2 fully saturated rings. The summed E-state index contributed by atoms with van der Waals surface area (Å²) in [5.41, 5.74) is 1.40. The van der Waals surface area contributed by atoms with Gasteiger partial charge in [0.05, 0.1) is 6.26 Å². The van der Waals surface area contributed by atoms with Crippen molar-refractivity contribution in [3.8, 4) is 0 Å². The van der Waals surface area contributed by atoms with Crippen LogP contribution in [0.15, 0.2) is 30.3 Å². The Kier molecular flexibility index (Phi) is 6.42. The number of hydrogen-bond donors (Lipinski definition) is 1. The smallest absolute Gasteiger partial charge is 0.317 e. The van der Waals surface area contributed by atoms with E-state index in [2.05, 4.69) is 29.6 Å². The van der Waals surface area contributed by atoms with Crippen LogP contribution in [0.1, 0.15) is 50.0 Å². The van der Waals surface area contributed by atoms with E-state index in [4.69, 9.17) is 0 Å². The highest BCUT2D eigenvalue weighted by molar-refractivity contribution is 7.88. The van der Waals surface area contributed by atoms with Crippen LogP contribution in [0.25, 0.3) is 0 Å². The van der Waals surface area contributed by atoms with E-state index in [0.717, 1.165) is 25.7 Å². The van der Waals surface area contributed by atoms with Gasteiger partial charge in [-0.1, -0.05) is 30.3 Å². The molecule has 0 bridgehead atoms. The molecule has 0 atom stereocenters. The third kappa shape index (κ3) is 5.23. The predicted molar refractivity (Wildman–Crippen MR) is 107 cm³/mol. The Labute approximate surface area is 163 Å². The van der Waals surface area contributed by atoms with E-state index in [1.807, 2.05) is 13.1 Å². The molecule has 1 saturated carbocycles. The summed E-state index contributed by atoms with van der Waals surface area (Å²) >= 11 is 0. The Bertz CT molecular complexity index is 722. The third-order valence-electron chi connectivity index (χ3n) is 6.09. The van der Waals surface area contributed by atoms with Gasteiger partial charge in [-0.3, -0.25) is 0 Å². The number of piperidine rings is 1. The summed E-state index contributed by atoms with van der Waals surface area (Å²) in [6.45, 7) is 0.979. The fourth-order valence-electron chi connectivity index (χ4n) is 4.30. The van der Waals surface area contributed by atoms with E-state index < -0.39 is 10.0 Å². The van der Waals surface area contributed by atoms with Crippen LogP contribution >= 0.6 is 0 Å². The van der Waals surface area contributed by atoms with Gasteiger partial charge in [0.25, 0.3) is 0 Å². The number of benzene rings is 1. The van der Waals surface area contributed by atoms with Crippen molar-refractivity contribution >= 4 is 16.1 Å². The number of amides is 2. The highest BCUT2D eigenvalue weighted by Crippen LogP contribution is 2.32. The topological polar surface area (TPSA) is 69.7 Å². The number of urea groups is 1. The minimum atomic E-state index is -3.13. The standard InChI is InChI=1S/C20H31N3O3S/c1-22(19-12-14-23(15-13-19)27(2,25)26)20(24)21-18-10-8-17(9-11-18)16-6-4-3-5-7-16/h3-7,17-19H,8-15H2,1-2H3,(H,21,24)/t17-,18+. The first-order chi connectivity index (χ1) is 12.8. The molecule has 6 nitrogen and oxygen atoms in total. The van der Waals surface area contributed by atoms with Crippen LogP contribution in [0.2, 0.25) is 0 Å². The average Bonchev–Trinajstić information content (AvgIpc) is 2.68. The number of rotatable bonds is 4. The molecule has 7 heteroatoms. The highest BCUT2D eigenvalue weighted by Gasteiger charge is 2.30. The fourth-order valence-corrected chi connectivity index (χ4v) is 5.17. The second-order valence-corrected chi connectivity index (χ2v) is 9.90. The minimum Gasteiger partial charge on any atom is -0.335 e. The van der Waals surface area contributed by atoms with Gasteiger partial charge >= 0.3 is 6.03 Å². The second-order valence-electron chi connectivity index (χ2n) is 7.91. The van der Waals surface area contributed by atoms with E-state index in [1.165, 1.54) is 16.1 Å². The molecule has 150 valence electrons. The van der Waals surface area contributed by atoms with Crippen molar-refractivity contribution in [2.45, 2.75) is 56.5 Å². The molecule has 0 spiro atoms. The Morgan fingerprint density at radius 3 is 2.19 bits per heavy atom. The summed E-state index contributed by atoms with van der Waals surface area (Å²) in [7, 11) is -1.31. The van der Waals surface area contributed by atoms with Gasteiger partial charge in [0.2, 0.25) is 10.0 Å². The Morgan fingerprint density at radius 2 is 1.63 bits per heavy atom. The van der Waals surface area contributed by atoms with Gasteiger partial charge in [0.15, 0.2) is 0 Å². The molecular formula is C20H31N3O3S. The van der Waals surface area contributed by atoms with Gasteiger partial charge < -0.3 is 10.2 Å². The summed E-state index contributed by atoms with van der Waals surface area (Å²) in [5, 5.41) is 3.18. The van der Waals surface area contributed by atoms with Crippen LogP contribution in [-0.2, 0) is 10.0 Å². The maximum absolute atomic E-state index is 12.6. The lowest BCUT2D eigenvalue weighted by molar-refractivity contribution is 0.157. The van der Waals surface area contributed by atoms with Gasteiger partial charge in [-0.15, -0.1) is 0 Å². The average molecular weight is 394 g/mol. The molecule has 0 radical (unpaired) electrons. The molecule has 1 aliphatic heterocycles. The zero-order valence-corrected chi connectivity index (χ0v) is 17.1. The van der Waals surface area contributed by atoms with Crippen molar-refractivity contribution in [2.75, 3.05) is 26.4 Å². The minimum absolute atomic E-state index is 0.0315. The molecule has 1 aromatic carbocycles. The maximum atomic E-state index is 12.6. The van der Waals surface area contributed by atoms with Crippen LogP contribution in [0.5, 0.6) is 0 Å². The van der Waals surface area contributed by atoms with Crippen molar-refractivity contribution in [3.63, 3.8) is 0 Å². The van der Waals surface area contributed by atoms with E-state index in [-0.39, 0.29) is 18.1 Å². The highest BCUT2D eigenvalue weighted by atomic mass is 32.2. The molecule has 1 saturated heterocycles. The number of nitrogens with one attached hydrogen (secondary N) is 1. The van der Waals surface area contributed by atoms with Crippen molar-refractivity contribution in [1.29, 1.82) is 0 Å². The quantitative estimate of drug-likeness (QED) is 0.855. The lowest BCUT2D eigenvalue weighted by atomic mass is 9.82. The van der Waals surface area contributed by atoms with Gasteiger partial charge in [0, 0.05) is 32.2 Å². The van der Waals surface area contributed by atoms with Crippen LogP contribution in [-0.4, -0.2) is 62.1 Å². The molecule has 1 N–H and O–H groups in total. The normalized spacial score (nSPS) is 25.1. The van der Waals surface area contributed by atoms with Gasteiger partial charge in [-0.05, 0) is 50.0 Å². The largest absolute Gasteiger partial charge is 0.335 e. The first-order valence-corrected chi connectivity index (χ1v) is 11.7. The van der Waals surface area contributed by atoms with E-state index in [1.54, 1.807) is 4.90 Å². The number of sulfonamides is 1. The number of hydrogen-bond acceptors (Lipinski definition) is 3. The lowest BCUT2D eigenvalue weighted by Gasteiger charge is -2.37. The molecule has 1 aliphatic carbocycles. The van der Waals surface area contributed by atoms with Crippen LogP contribution in [0.4, 0.5) is 4.79 Å². The van der Waals surface area contributed by atoms with Crippen LogP contribution < -0.4 is 5.32 Å². The first-order valence-electron chi connectivity index (χ1n) is 9.88. The van der Waals surface area contributed by atoms with Crippen molar-refractivity contribution < 1.29 is 13.2 Å². The van der Waals surface area contributed by atoms with Gasteiger partial charge in [0.1, 0.15) is 0 Å². The Morgan fingerprint density at radius 1 is 1.04 bits per heavy atom. The van der Waals surface area contributed by atoms with E-state index >= 15 is 0 Å². The number of nitrogens with zero attached hydrogens (tertiary/aromatic N) is 2. The van der Waals surface area contributed by atoms with Gasteiger partial charge in [-0.2, -0.15) is 0 Å². The number of carbonyl (C=O) groups excluding carboxylic acids is 1. The molecule has 1 aromatic rings. The van der Waals surface area contributed by atoms with Crippen molar-refractivity contribution in [2.24, 2.45) is 0 Å². The maximum Gasteiger partial charge on any atom is 0.317 e. The van der Waals surface area contributed by atoms with E-state index in [0.29, 0.717) is 31.8 Å². The Balaban J connectivity index is 1.44. The zero-order valence-electron chi connectivity index (χ0n) is 16.3. The lowest BCUT2D eigenvalue weighted by Crippen LogP contribution is -2.51. The first kappa shape index (κ1) is 20.1. The summed E-state index contributed by atoms with van der Waals surface area (Å²) in [6, 6.07) is 10.9. The predicted octanol–water partition coefficient (Wildman–Crippen LogP) is 2.78. The molecule has 0 unspecified atom stereocenters. The van der Waals surface area contributed by atoms with Gasteiger partial charge in [-0.25, -0.2) is 17.5 Å². The SMILES string of the molecule is CN(C(=O)N[C@H]1CC[C@@H](c2ccccc2)CC1)C1CCN(S(C)(=O)=O)CC1. The Hall–Kier alpha value is -1.60.